The van der Waals surface area contributed by atoms with Gasteiger partial charge in [0.05, 0.1) is 6.16 Å². The highest BCUT2D eigenvalue weighted by molar-refractivity contribution is 7.95. The lowest BCUT2D eigenvalue weighted by atomic mass is 10.2. The Morgan fingerprint density at radius 1 is 0.710 bits per heavy atom. The first-order valence-corrected chi connectivity index (χ1v) is 12.8. The van der Waals surface area contributed by atoms with Crippen LogP contribution >= 0.6 is 19.7 Å². The van der Waals surface area contributed by atoms with Gasteiger partial charge in [0, 0.05) is 13.0 Å². The Hall–Kier alpha value is -2.19. The van der Waals surface area contributed by atoms with Crippen LogP contribution in [0.15, 0.2) is 91.0 Å². The molecule has 0 aliphatic rings. The van der Waals surface area contributed by atoms with Crippen molar-refractivity contribution in [1.82, 2.24) is 5.32 Å². The SMILES string of the molecule is Cl.NCCCNC(=O)CCCC[P+](c1ccccc1)(c1ccccc1)c1ccccc1. The molecule has 0 saturated carbocycles. The number of hydrogen-bond donors (Lipinski definition) is 2. The summed E-state index contributed by atoms with van der Waals surface area (Å²) in [6, 6.07) is 32.7. The van der Waals surface area contributed by atoms with Gasteiger partial charge < -0.3 is 11.1 Å². The molecule has 3 rings (SSSR count). The first kappa shape index (κ1) is 25.1. The summed E-state index contributed by atoms with van der Waals surface area (Å²) in [6.07, 6.45) is 4.36. The maximum Gasteiger partial charge on any atom is 0.219 e. The van der Waals surface area contributed by atoms with Gasteiger partial charge in [-0.2, -0.15) is 0 Å². The molecule has 31 heavy (non-hydrogen) atoms. The van der Waals surface area contributed by atoms with Crippen molar-refractivity contribution in [2.75, 3.05) is 19.3 Å². The fourth-order valence-corrected chi connectivity index (χ4v) is 8.34. The van der Waals surface area contributed by atoms with Crippen LogP contribution in [0.25, 0.3) is 0 Å². The van der Waals surface area contributed by atoms with Gasteiger partial charge in [-0.25, -0.2) is 0 Å². The molecule has 0 saturated heterocycles. The van der Waals surface area contributed by atoms with Crippen LogP contribution in [0.1, 0.15) is 25.7 Å². The van der Waals surface area contributed by atoms with Crippen LogP contribution in [0.4, 0.5) is 0 Å². The number of carbonyl (C=O) groups is 1. The monoisotopic (exact) mass is 455 g/mol. The lowest BCUT2D eigenvalue weighted by molar-refractivity contribution is -0.121. The Morgan fingerprint density at radius 3 is 1.58 bits per heavy atom. The Morgan fingerprint density at radius 2 is 1.16 bits per heavy atom. The Balaban J connectivity index is 0.00000341. The average Bonchev–Trinajstić information content (AvgIpc) is 2.81. The Labute approximate surface area is 193 Å². The number of halogens is 1. The highest BCUT2D eigenvalue weighted by Gasteiger charge is 2.44. The number of hydrogen-bond acceptors (Lipinski definition) is 2. The minimum Gasteiger partial charge on any atom is -0.356 e. The van der Waals surface area contributed by atoms with Crippen molar-refractivity contribution in [1.29, 1.82) is 0 Å². The van der Waals surface area contributed by atoms with Crippen LogP contribution in [0.2, 0.25) is 0 Å². The summed E-state index contributed by atoms with van der Waals surface area (Å²) in [6.45, 7) is 1.28. The van der Waals surface area contributed by atoms with E-state index >= 15 is 0 Å². The molecule has 164 valence electrons. The molecule has 3 aromatic carbocycles. The molecule has 3 N–H and O–H groups in total. The van der Waals surface area contributed by atoms with Crippen LogP contribution in [0.5, 0.6) is 0 Å². The molecule has 3 nitrogen and oxygen atoms in total. The van der Waals surface area contributed by atoms with E-state index in [1.807, 2.05) is 0 Å². The third-order valence-corrected chi connectivity index (χ3v) is 9.97. The summed E-state index contributed by atoms with van der Waals surface area (Å²) in [5, 5.41) is 7.16. The largest absolute Gasteiger partial charge is 0.356 e. The minimum atomic E-state index is -1.79. The second-order valence-corrected chi connectivity index (χ2v) is 11.1. The van der Waals surface area contributed by atoms with Crippen LogP contribution < -0.4 is 27.0 Å². The first-order chi connectivity index (χ1) is 14.8. The lowest BCUT2D eigenvalue weighted by Crippen LogP contribution is -2.33. The van der Waals surface area contributed by atoms with Gasteiger partial charge in [-0.1, -0.05) is 54.6 Å². The van der Waals surface area contributed by atoms with E-state index in [0.717, 1.165) is 25.4 Å². The third-order valence-electron chi connectivity index (χ3n) is 5.44. The van der Waals surface area contributed by atoms with Crippen LogP contribution in [-0.2, 0) is 4.79 Å². The molecule has 0 aliphatic carbocycles. The summed E-state index contributed by atoms with van der Waals surface area (Å²) in [4.78, 5) is 12.1. The van der Waals surface area contributed by atoms with E-state index in [-0.39, 0.29) is 18.3 Å². The highest BCUT2D eigenvalue weighted by atomic mass is 35.5. The quantitative estimate of drug-likeness (QED) is 0.338. The van der Waals surface area contributed by atoms with E-state index in [0.29, 0.717) is 19.5 Å². The zero-order chi connectivity index (χ0) is 21.1. The molecule has 0 fully saturated rings. The highest BCUT2D eigenvalue weighted by Crippen LogP contribution is 2.55. The number of benzene rings is 3. The molecule has 0 aromatic heterocycles. The molecule has 1 amide bonds. The number of rotatable bonds is 11. The summed E-state index contributed by atoms with van der Waals surface area (Å²) < 4.78 is 0. The van der Waals surface area contributed by atoms with Crippen molar-refractivity contribution in [3.63, 3.8) is 0 Å². The van der Waals surface area contributed by atoms with E-state index in [4.69, 9.17) is 5.73 Å². The summed E-state index contributed by atoms with van der Waals surface area (Å²) in [7, 11) is -1.79. The van der Waals surface area contributed by atoms with Crippen molar-refractivity contribution in [3.8, 4) is 0 Å². The first-order valence-electron chi connectivity index (χ1n) is 10.8. The Bertz CT molecular complexity index is 794. The Kier molecular flexibility index (Phi) is 10.7. The molecule has 5 heteroatoms. The molecule has 0 radical (unpaired) electrons. The fourth-order valence-electron chi connectivity index (χ4n) is 3.93. The average molecular weight is 456 g/mol. The molecule has 0 spiro atoms. The molecular weight excluding hydrogens is 423 g/mol. The van der Waals surface area contributed by atoms with Gasteiger partial charge >= 0.3 is 0 Å². The zero-order valence-electron chi connectivity index (χ0n) is 18.0. The zero-order valence-corrected chi connectivity index (χ0v) is 19.7. The molecule has 0 atom stereocenters. The maximum absolute atomic E-state index is 12.1. The number of nitrogens with one attached hydrogen (secondary N) is 1. The lowest BCUT2D eigenvalue weighted by Gasteiger charge is -2.27. The molecule has 0 aliphatic heterocycles. The minimum absolute atomic E-state index is 0. The van der Waals surface area contributed by atoms with Gasteiger partial charge in [-0.15, -0.1) is 12.4 Å². The van der Waals surface area contributed by atoms with Gasteiger partial charge in [0.2, 0.25) is 5.91 Å². The molecule has 0 bridgehead atoms. The standard InChI is InChI=1S/C26H31N2OP.ClH/c27-20-12-21-28-26(29)19-10-11-22-30(23-13-4-1-5-14-23,24-15-6-2-7-16-24)25-17-8-3-9-18-25;/h1-9,13-18H,10-12,19-22,27H2;1H/p+1. The number of nitrogens with two attached hydrogens (primary N) is 1. The number of amides is 1. The van der Waals surface area contributed by atoms with Crippen molar-refractivity contribution >= 4 is 41.5 Å². The molecular formula is C26H33ClN2OP+. The maximum atomic E-state index is 12.1. The van der Waals surface area contributed by atoms with Gasteiger partial charge in [0.15, 0.2) is 0 Å². The number of carbonyl (C=O) groups excluding carboxylic acids is 1. The summed E-state index contributed by atoms with van der Waals surface area (Å²) >= 11 is 0. The topological polar surface area (TPSA) is 55.1 Å². The van der Waals surface area contributed by atoms with Crippen molar-refractivity contribution in [3.05, 3.63) is 91.0 Å². The second kappa shape index (κ2) is 13.3. The van der Waals surface area contributed by atoms with E-state index < -0.39 is 7.26 Å². The normalized spacial score (nSPS) is 10.9. The van der Waals surface area contributed by atoms with Crippen LogP contribution in [0.3, 0.4) is 0 Å². The predicted octanol–water partition coefficient (Wildman–Crippen LogP) is 4.04. The van der Waals surface area contributed by atoms with E-state index in [1.165, 1.54) is 15.9 Å². The van der Waals surface area contributed by atoms with Gasteiger partial charge in [0.25, 0.3) is 0 Å². The molecule has 0 unspecified atom stereocenters. The van der Waals surface area contributed by atoms with Gasteiger partial charge in [-0.3, -0.25) is 4.79 Å². The van der Waals surface area contributed by atoms with E-state index in [1.54, 1.807) is 0 Å². The van der Waals surface area contributed by atoms with Crippen molar-refractivity contribution < 1.29 is 4.79 Å². The van der Waals surface area contributed by atoms with Crippen molar-refractivity contribution in [2.45, 2.75) is 25.7 Å². The smallest absolute Gasteiger partial charge is 0.219 e. The van der Waals surface area contributed by atoms with Gasteiger partial charge in [0.1, 0.15) is 23.2 Å². The summed E-state index contributed by atoms with van der Waals surface area (Å²) in [5.41, 5.74) is 5.50. The predicted molar refractivity (Wildman–Crippen MR) is 138 cm³/mol. The van der Waals surface area contributed by atoms with Crippen LogP contribution in [0, 0.1) is 0 Å². The molecule has 0 heterocycles. The molecule has 3 aromatic rings. The van der Waals surface area contributed by atoms with E-state index in [9.17, 15) is 4.79 Å². The second-order valence-electron chi connectivity index (χ2n) is 7.49. The van der Waals surface area contributed by atoms with Crippen LogP contribution in [-0.4, -0.2) is 25.2 Å². The van der Waals surface area contributed by atoms with Gasteiger partial charge in [-0.05, 0) is 62.2 Å². The summed E-state index contributed by atoms with van der Waals surface area (Å²) in [5.74, 6) is 0.131. The number of unbranched alkanes of at least 4 members (excludes halogenated alkanes) is 1. The fraction of sp³-hybridized carbons (Fsp3) is 0.269. The van der Waals surface area contributed by atoms with E-state index in [2.05, 4.69) is 96.3 Å². The van der Waals surface area contributed by atoms with Crippen molar-refractivity contribution in [2.24, 2.45) is 5.73 Å². The third kappa shape index (κ3) is 6.64.